The third kappa shape index (κ3) is 8.35. The molecular weight excluding hydrogens is 507 g/mol. The monoisotopic (exact) mass is 519 g/mol. The van der Waals surface area contributed by atoms with Crippen molar-refractivity contribution in [2.45, 2.75) is 12.7 Å². The standard InChI is InChI=1S/C8H7F3N2O.C6H5NO2.Ir/c9-8(10,11)7(14)13-5-6-3-1-2-4-12-6;8-6(9)5-3-1-2-4-7-5;/h1-4H,5H2,(H,13,14);1-4H,(H,8,9);/p-1. The van der Waals surface area contributed by atoms with Gasteiger partial charge in [0.1, 0.15) is 5.69 Å². The van der Waals surface area contributed by atoms with Crippen LogP contribution in [0.5, 0.6) is 0 Å². The molecule has 0 aliphatic rings. The molecule has 10 heteroatoms. The van der Waals surface area contributed by atoms with Crippen molar-refractivity contribution in [3.63, 3.8) is 0 Å². The van der Waals surface area contributed by atoms with Gasteiger partial charge in [-0.25, -0.2) is 9.78 Å². The fourth-order valence-corrected chi connectivity index (χ4v) is 1.22. The van der Waals surface area contributed by atoms with Crippen molar-refractivity contribution in [1.82, 2.24) is 9.97 Å². The summed E-state index contributed by atoms with van der Waals surface area (Å²) in [5, 5.41) is 11.2. The first-order valence-electron chi connectivity index (χ1n) is 6.13. The van der Waals surface area contributed by atoms with Gasteiger partial charge in [0.05, 0.1) is 0 Å². The minimum absolute atomic E-state index is 0. The molecule has 1 amide bonds. The fraction of sp³-hybridized carbons (Fsp3) is 0.143. The van der Waals surface area contributed by atoms with Crippen molar-refractivity contribution in [2.75, 3.05) is 0 Å². The molecule has 0 fully saturated rings. The number of alkyl halides is 3. The molecule has 0 saturated carbocycles. The zero-order valence-corrected chi connectivity index (χ0v) is 14.3. The van der Waals surface area contributed by atoms with Gasteiger partial charge < -0.3 is 15.2 Å². The van der Waals surface area contributed by atoms with E-state index in [4.69, 9.17) is 5.11 Å². The molecule has 6 nitrogen and oxygen atoms in total. The fourth-order valence-electron chi connectivity index (χ4n) is 1.22. The number of halogens is 3. The molecule has 0 aliphatic heterocycles. The molecule has 24 heavy (non-hydrogen) atoms. The SMILES string of the molecule is O=C(O)c1ccccn1.O=C([N-]Cc1ccccn1)C(F)(F)F.[Ir]. The maximum absolute atomic E-state index is 11.7. The number of carboxylic acids is 1. The molecule has 0 bridgehead atoms. The summed E-state index contributed by atoms with van der Waals surface area (Å²) in [5.74, 6) is -3.07. The quantitative estimate of drug-likeness (QED) is 0.675. The number of carboxylic acid groups (broad SMARTS) is 1. The number of aromatic carboxylic acids is 1. The van der Waals surface area contributed by atoms with Crippen LogP contribution in [0.15, 0.2) is 48.8 Å². The second kappa shape index (κ2) is 10.5. The zero-order valence-electron chi connectivity index (χ0n) is 11.9. The van der Waals surface area contributed by atoms with E-state index in [2.05, 4.69) is 15.3 Å². The van der Waals surface area contributed by atoms with Gasteiger partial charge in [-0.05, 0) is 24.3 Å². The Labute approximate surface area is 148 Å². The molecule has 0 unspecified atom stereocenters. The van der Waals surface area contributed by atoms with Crippen molar-refractivity contribution in [2.24, 2.45) is 0 Å². The van der Waals surface area contributed by atoms with Gasteiger partial charge in [0.25, 0.3) is 0 Å². The van der Waals surface area contributed by atoms with Crippen molar-refractivity contribution in [3.05, 3.63) is 65.5 Å². The molecule has 1 N–H and O–H groups in total. The van der Waals surface area contributed by atoms with E-state index in [0.29, 0.717) is 5.69 Å². The molecule has 2 heterocycles. The van der Waals surface area contributed by atoms with Crippen LogP contribution in [0.3, 0.4) is 0 Å². The Kier molecular flexibility index (Phi) is 9.44. The Morgan fingerprint density at radius 3 is 2.00 bits per heavy atom. The van der Waals surface area contributed by atoms with Gasteiger partial charge in [-0.1, -0.05) is 18.7 Å². The molecule has 131 valence electrons. The van der Waals surface area contributed by atoms with E-state index in [1.807, 2.05) is 0 Å². The second-order valence-electron chi connectivity index (χ2n) is 3.96. The Morgan fingerprint density at radius 2 is 1.62 bits per heavy atom. The predicted octanol–water partition coefficient (Wildman–Crippen LogP) is 2.82. The number of pyridine rings is 2. The van der Waals surface area contributed by atoms with Crippen LogP contribution in [0.4, 0.5) is 13.2 Å². The van der Waals surface area contributed by atoms with Crippen LogP contribution < -0.4 is 0 Å². The number of carbonyl (C=O) groups excluding carboxylic acids is 1. The van der Waals surface area contributed by atoms with E-state index in [0.717, 1.165) is 0 Å². The van der Waals surface area contributed by atoms with Crippen LogP contribution in [0.1, 0.15) is 16.2 Å². The van der Waals surface area contributed by atoms with Crippen LogP contribution >= 0.6 is 0 Å². The Bertz CT molecular complexity index is 640. The number of nitrogens with zero attached hydrogens (tertiary/aromatic N) is 3. The van der Waals surface area contributed by atoms with Crippen molar-refractivity contribution in [3.8, 4) is 0 Å². The smallest absolute Gasteiger partial charge is 0.432 e. The maximum Gasteiger partial charge on any atom is 0.432 e. The summed E-state index contributed by atoms with van der Waals surface area (Å²) in [4.78, 5) is 27.8. The summed E-state index contributed by atoms with van der Waals surface area (Å²) in [7, 11) is 0. The van der Waals surface area contributed by atoms with E-state index in [9.17, 15) is 22.8 Å². The normalized spacial score (nSPS) is 9.79. The summed E-state index contributed by atoms with van der Waals surface area (Å²) in [6.45, 7) is -0.348. The molecule has 0 atom stereocenters. The Morgan fingerprint density at radius 1 is 1.04 bits per heavy atom. The van der Waals surface area contributed by atoms with Crippen molar-refractivity contribution < 1.29 is 48.0 Å². The van der Waals surface area contributed by atoms with Crippen LogP contribution in [-0.2, 0) is 31.4 Å². The van der Waals surface area contributed by atoms with Gasteiger partial charge in [-0.3, -0.25) is 4.98 Å². The number of amides is 1. The van der Waals surface area contributed by atoms with E-state index in [-0.39, 0.29) is 32.3 Å². The minimum atomic E-state index is -4.89. The van der Waals surface area contributed by atoms with E-state index in [1.54, 1.807) is 24.3 Å². The summed E-state index contributed by atoms with van der Waals surface area (Å²) >= 11 is 0. The number of carbonyl (C=O) groups is 2. The molecule has 2 rings (SSSR count). The molecule has 2 aromatic heterocycles. The summed E-state index contributed by atoms with van der Waals surface area (Å²) in [6.07, 6.45) is -2.03. The summed E-state index contributed by atoms with van der Waals surface area (Å²) < 4.78 is 35.1. The van der Waals surface area contributed by atoms with Crippen molar-refractivity contribution >= 4 is 11.9 Å². The third-order valence-electron chi connectivity index (χ3n) is 2.24. The third-order valence-corrected chi connectivity index (χ3v) is 2.24. The van der Waals surface area contributed by atoms with Crippen LogP contribution in [0.25, 0.3) is 5.32 Å². The topological polar surface area (TPSA) is 94.2 Å². The first-order chi connectivity index (χ1) is 10.8. The maximum atomic E-state index is 11.7. The van der Waals surface area contributed by atoms with E-state index in [1.165, 1.54) is 24.5 Å². The molecule has 2 aromatic rings. The van der Waals surface area contributed by atoms with E-state index < -0.39 is 18.1 Å². The average molecular weight is 518 g/mol. The van der Waals surface area contributed by atoms with Gasteiger partial charge in [0.15, 0.2) is 5.91 Å². The molecule has 0 spiro atoms. The Hall–Kier alpha value is -2.32. The first kappa shape index (κ1) is 21.7. The molecule has 0 saturated heterocycles. The van der Waals surface area contributed by atoms with Crippen molar-refractivity contribution in [1.29, 1.82) is 0 Å². The molecular formula is C14H11F3IrN3O3-. The van der Waals surface area contributed by atoms with Crippen LogP contribution in [0.2, 0.25) is 0 Å². The second-order valence-corrected chi connectivity index (χ2v) is 3.96. The predicted molar refractivity (Wildman–Crippen MR) is 73.6 cm³/mol. The van der Waals surface area contributed by atoms with Gasteiger partial charge in [0, 0.05) is 38.2 Å². The van der Waals surface area contributed by atoms with Gasteiger partial charge in [-0.15, -0.1) is 0 Å². The minimum Gasteiger partial charge on any atom is -0.641 e. The first-order valence-corrected chi connectivity index (χ1v) is 6.13. The molecule has 0 aliphatic carbocycles. The summed E-state index contributed by atoms with van der Waals surface area (Å²) in [5.41, 5.74) is 0.405. The van der Waals surface area contributed by atoms with Gasteiger partial charge in [0.2, 0.25) is 0 Å². The van der Waals surface area contributed by atoms with Crippen LogP contribution in [0, 0.1) is 0 Å². The van der Waals surface area contributed by atoms with Crippen LogP contribution in [-0.4, -0.2) is 33.1 Å². The van der Waals surface area contributed by atoms with Gasteiger partial charge >= 0.3 is 12.1 Å². The summed E-state index contributed by atoms with van der Waals surface area (Å²) in [6, 6.07) is 9.48. The Balaban J connectivity index is 0.000000460. The van der Waals surface area contributed by atoms with Gasteiger partial charge in [-0.2, -0.15) is 13.2 Å². The van der Waals surface area contributed by atoms with E-state index >= 15 is 0 Å². The number of hydrogen-bond acceptors (Lipinski definition) is 4. The average Bonchev–Trinajstić information content (AvgIpc) is 2.54. The largest absolute Gasteiger partial charge is 0.641 e. The number of hydrogen-bond donors (Lipinski definition) is 1. The number of aromatic nitrogens is 2. The number of rotatable bonds is 3. The molecule has 1 radical (unpaired) electrons. The zero-order chi connectivity index (χ0) is 17.3. The molecule has 0 aromatic carbocycles.